The van der Waals surface area contributed by atoms with Crippen molar-refractivity contribution in [3.05, 3.63) is 65.7 Å². The highest BCUT2D eigenvalue weighted by Gasteiger charge is 2.33. The number of nitrogens with one attached hydrogen (secondary N) is 1. The average molecular weight is 353 g/mol. The van der Waals surface area contributed by atoms with Gasteiger partial charge in [-0.1, -0.05) is 42.5 Å². The molecule has 1 fully saturated rings. The molecule has 6 heteroatoms. The Bertz CT molecular complexity index is 747. The molecule has 3 N–H and O–H groups in total. The number of benzene rings is 2. The summed E-state index contributed by atoms with van der Waals surface area (Å²) in [5.41, 5.74) is 8.47. The number of anilines is 1. The molecule has 2 aromatic carbocycles. The SMILES string of the molecule is Nc1ccc(CCNC(=O)[C@H]2COCC(=O)N2Cc2ccccc2)cc1. The Morgan fingerprint density at radius 1 is 1.12 bits per heavy atom. The third-order valence-corrected chi connectivity index (χ3v) is 4.39. The number of amides is 2. The van der Waals surface area contributed by atoms with E-state index in [0.717, 1.165) is 11.1 Å². The van der Waals surface area contributed by atoms with Gasteiger partial charge in [-0.3, -0.25) is 9.59 Å². The van der Waals surface area contributed by atoms with Gasteiger partial charge in [0.2, 0.25) is 11.8 Å². The van der Waals surface area contributed by atoms with Crippen molar-refractivity contribution >= 4 is 17.5 Å². The predicted molar refractivity (Wildman–Crippen MR) is 99.2 cm³/mol. The average Bonchev–Trinajstić information content (AvgIpc) is 2.66. The monoisotopic (exact) mass is 353 g/mol. The number of nitrogens with two attached hydrogens (primary N) is 1. The van der Waals surface area contributed by atoms with Crippen molar-refractivity contribution in [2.45, 2.75) is 19.0 Å². The molecule has 2 aromatic rings. The topological polar surface area (TPSA) is 84.7 Å². The van der Waals surface area contributed by atoms with Gasteiger partial charge < -0.3 is 20.7 Å². The summed E-state index contributed by atoms with van der Waals surface area (Å²) in [7, 11) is 0. The lowest BCUT2D eigenvalue weighted by molar-refractivity contribution is -0.155. The number of hydrogen-bond acceptors (Lipinski definition) is 4. The Kier molecular flexibility index (Phi) is 5.86. The van der Waals surface area contributed by atoms with Crippen LogP contribution in [0.25, 0.3) is 0 Å². The standard InChI is InChI=1S/C20H23N3O3/c21-17-8-6-15(7-9-17)10-11-22-20(25)18-13-26-14-19(24)23(18)12-16-4-2-1-3-5-16/h1-9,18H,10-14,21H2,(H,22,25)/t18-/m1/s1. The zero-order valence-electron chi connectivity index (χ0n) is 14.6. The molecule has 1 aliphatic heterocycles. The molecule has 2 amide bonds. The van der Waals surface area contributed by atoms with Crippen molar-refractivity contribution in [1.82, 2.24) is 10.2 Å². The minimum absolute atomic E-state index is 0.0159. The zero-order valence-corrected chi connectivity index (χ0v) is 14.6. The van der Waals surface area contributed by atoms with Crippen LogP contribution >= 0.6 is 0 Å². The summed E-state index contributed by atoms with van der Waals surface area (Å²) in [6, 6.07) is 16.6. The Hall–Kier alpha value is -2.86. The molecule has 136 valence electrons. The van der Waals surface area contributed by atoms with Crippen molar-refractivity contribution in [1.29, 1.82) is 0 Å². The smallest absolute Gasteiger partial charge is 0.249 e. The fourth-order valence-corrected chi connectivity index (χ4v) is 2.93. The van der Waals surface area contributed by atoms with Crippen LogP contribution in [0.2, 0.25) is 0 Å². The quantitative estimate of drug-likeness (QED) is 0.768. The molecule has 1 aliphatic rings. The molecule has 0 radical (unpaired) electrons. The van der Waals surface area contributed by atoms with Crippen molar-refractivity contribution in [3.63, 3.8) is 0 Å². The Labute approximate surface area is 152 Å². The van der Waals surface area contributed by atoms with E-state index < -0.39 is 6.04 Å². The van der Waals surface area contributed by atoms with E-state index in [2.05, 4.69) is 5.32 Å². The van der Waals surface area contributed by atoms with E-state index in [4.69, 9.17) is 10.5 Å². The number of nitrogens with zero attached hydrogens (tertiary/aromatic N) is 1. The highest BCUT2D eigenvalue weighted by Crippen LogP contribution is 2.14. The summed E-state index contributed by atoms with van der Waals surface area (Å²) < 4.78 is 5.30. The minimum Gasteiger partial charge on any atom is -0.399 e. The summed E-state index contributed by atoms with van der Waals surface area (Å²) in [5, 5.41) is 2.91. The van der Waals surface area contributed by atoms with Gasteiger partial charge in [-0.25, -0.2) is 0 Å². The molecular formula is C20H23N3O3. The zero-order chi connectivity index (χ0) is 18.4. The first-order chi connectivity index (χ1) is 12.6. The summed E-state index contributed by atoms with van der Waals surface area (Å²) >= 11 is 0. The van der Waals surface area contributed by atoms with Crippen LogP contribution < -0.4 is 11.1 Å². The third-order valence-electron chi connectivity index (χ3n) is 4.39. The van der Waals surface area contributed by atoms with Gasteiger partial charge in [0.15, 0.2) is 0 Å². The maximum atomic E-state index is 12.6. The van der Waals surface area contributed by atoms with Crippen LogP contribution in [0.1, 0.15) is 11.1 Å². The number of hydrogen-bond donors (Lipinski definition) is 2. The molecule has 0 bridgehead atoms. The first-order valence-electron chi connectivity index (χ1n) is 8.67. The molecule has 1 heterocycles. The maximum Gasteiger partial charge on any atom is 0.249 e. The van der Waals surface area contributed by atoms with E-state index >= 15 is 0 Å². The molecule has 0 aromatic heterocycles. The summed E-state index contributed by atoms with van der Waals surface area (Å²) in [4.78, 5) is 26.4. The van der Waals surface area contributed by atoms with Gasteiger partial charge in [-0.15, -0.1) is 0 Å². The van der Waals surface area contributed by atoms with Crippen LogP contribution in [0, 0.1) is 0 Å². The van der Waals surface area contributed by atoms with E-state index in [1.165, 1.54) is 0 Å². The van der Waals surface area contributed by atoms with Crippen LogP contribution in [0.3, 0.4) is 0 Å². The van der Waals surface area contributed by atoms with Crippen molar-refractivity contribution in [2.24, 2.45) is 0 Å². The van der Waals surface area contributed by atoms with Gasteiger partial charge >= 0.3 is 0 Å². The Morgan fingerprint density at radius 2 is 1.85 bits per heavy atom. The van der Waals surface area contributed by atoms with Gasteiger partial charge in [0.25, 0.3) is 0 Å². The second-order valence-corrected chi connectivity index (χ2v) is 6.32. The number of carbonyl (C=O) groups is 2. The van der Waals surface area contributed by atoms with E-state index in [9.17, 15) is 9.59 Å². The van der Waals surface area contributed by atoms with E-state index in [-0.39, 0.29) is 25.0 Å². The Balaban J connectivity index is 1.58. The first kappa shape index (κ1) is 17.9. The van der Waals surface area contributed by atoms with Gasteiger partial charge in [0.1, 0.15) is 12.6 Å². The lowest BCUT2D eigenvalue weighted by atomic mass is 10.1. The number of carbonyl (C=O) groups excluding carboxylic acids is 2. The predicted octanol–water partition coefficient (Wildman–Crippen LogP) is 1.36. The summed E-state index contributed by atoms with van der Waals surface area (Å²) in [6.07, 6.45) is 0.701. The molecule has 1 saturated heterocycles. The molecule has 6 nitrogen and oxygen atoms in total. The molecule has 0 aliphatic carbocycles. The lowest BCUT2D eigenvalue weighted by Crippen LogP contribution is -2.56. The highest BCUT2D eigenvalue weighted by atomic mass is 16.5. The number of ether oxygens (including phenoxy) is 1. The van der Waals surface area contributed by atoms with Crippen LogP contribution in [-0.4, -0.2) is 42.5 Å². The largest absolute Gasteiger partial charge is 0.399 e. The number of nitrogen functional groups attached to an aromatic ring is 1. The first-order valence-corrected chi connectivity index (χ1v) is 8.67. The highest BCUT2D eigenvalue weighted by molar-refractivity contribution is 5.89. The third kappa shape index (κ3) is 4.61. The normalized spacial score (nSPS) is 17.2. The lowest BCUT2D eigenvalue weighted by Gasteiger charge is -2.34. The van der Waals surface area contributed by atoms with Crippen molar-refractivity contribution < 1.29 is 14.3 Å². The maximum absolute atomic E-state index is 12.6. The molecule has 3 rings (SSSR count). The van der Waals surface area contributed by atoms with E-state index in [0.29, 0.717) is 25.2 Å². The summed E-state index contributed by atoms with van der Waals surface area (Å²) in [5.74, 6) is -0.358. The molecular weight excluding hydrogens is 330 g/mol. The molecule has 0 unspecified atom stereocenters. The fourth-order valence-electron chi connectivity index (χ4n) is 2.93. The molecule has 0 saturated carbocycles. The van der Waals surface area contributed by atoms with Crippen LogP contribution in [0.4, 0.5) is 5.69 Å². The van der Waals surface area contributed by atoms with Crippen LogP contribution in [0.5, 0.6) is 0 Å². The second kappa shape index (κ2) is 8.49. The molecule has 0 spiro atoms. The minimum atomic E-state index is -0.608. The van der Waals surface area contributed by atoms with E-state index in [1.807, 2.05) is 54.6 Å². The molecule has 26 heavy (non-hydrogen) atoms. The van der Waals surface area contributed by atoms with Gasteiger partial charge in [-0.2, -0.15) is 0 Å². The number of morpholine rings is 1. The van der Waals surface area contributed by atoms with E-state index in [1.54, 1.807) is 4.90 Å². The van der Waals surface area contributed by atoms with Gasteiger partial charge in [-0.05, 0) is 29.7 Å². The fraction of sp³-hybridized carbons (Fsp3) is 0.300. The number of rotatable bonds is 6. The molecule has 1 atom stereocenters. The van der Waals surface area contributed by atoms with Gasteiger partial charge in [0.05, 0.1) is 6.61 Å². The van der Waals surface area contributed by atoms with Crippen LogP contribution in [0.15, 0.2) is 54.6 Å². The Morgan fingerprint density at radius 3 is 2.58 bits per heavy atom. The van der Waals surface area contributed by atoms with Crippen molar-refractivity contribution in [3.8, 4) is 0 Å². The van der Waals surface area contributed by atoms with Gasteiger partial charge in [0, 0.05) is 18.8 Å². The van der Waals surface area contributed by atoms with Crippen molar-refractivity contribution in [2.75, 3.05) is 25.5 Å². The summed E-state index contributed by atoms with van der Waals surface area (Å²) in [6.45, 7) is 1.13. The second-order valence-electron chi connectivity index (χ2n) is 6.32. The van der Waals surface area contributed by atoms with Crippen LogP contribution in [-0.2, 0) is 27.3 Å².